The van der Waals surface area contributed by atoms with Crippen LogP contribution in [0.1, 0.15) is 13.8 Å². The lowest BCUT2D eigenvalue weighted by Gasteiger charge is -2.18. The highest BCUT2D eigenvalue weighted by molar-refractivity contribution is 9.10. The summed E-state index contributed by atoms with van der Waals surface area (Å²) in [6, 6.07) is 0. The van der Waals surface area contributed by atoms with Gasteiger partial charge in [-0.15, -0.1) is 0 Å². The van der Waals surface area contributed by atoms with Crippen LogP contribution in [0.4, 0.5) is 11.8 Å². The molecule has 1 aromatic rings. The largest absolute Gasteiger partial charge is 0.389 e. The summed E-state index contributed by atoms with van der Waals surface area (Å²) in [7, 11) is 0. The summed E-state index contributed by atoms with van der Waals surface area (Å²) in [5.41, 5.74) is 1.54. The van der Waals surface area contributed by atoms with Crippen LogP contribution < -0.4 is 16.6 Å². The van der Waals surface area contributed by atoms with Crippen LogP contribution in [0.3, 0.4) is 0 Å². The molecule has 0 aliphatic heterocycles. The summed E-state index contributed by atoms with van der Waals surface area (Å²) in [5, 5.41) is 12.5. The van der Waals surface area contributed by atoms with Crippen LogP contribution in [0.25, 0.3) is 0 Å². The van der Waals surface area contributed by atoms with Crippen LogP contribution >= 0.6 is 15.9 Å². The lowest BCUT2D eigenvalue weighted by molar-refractivity contribution is 0.0944. The minimum Gasteiger partial charge on any atom is -0.389 e. The van der Waals surface area contributed by atoms with Gasteiger partial charge in [0.25, 0.3) is 0 Å². The molecule has 6 nitrogen and oxygen atoms in total. The number of hydrogen-bond acceptors (Lipinski definition) is 6. The van der Waals surface area contributed by atoms with Gasteiger partial charge in [-0.2, -0.15) is 4.98 Å². The smallest absolute Gasteiger partial charge is 0.239 e. The molecule has 0 aromatic carbocycles. The quantitative estimate of drug-likeness (QED) is 0.478. The number of hydrazine groups is 1. The molecule has 0 radical (unpaired) electrons. The summed E-state index contributed by atoms with van der Waals surface area (Å²) in [6.07, 6.45) is 1.58. The fraction of sp³-hybridized carbons (Fsp3) is 0.500. The molecule has 1 rings (SSSR count). The van der Waals surface area contributed by atoms with Gasteiger partial charge >= 0.3 is 0 Å². The molecule has 5 N–H and O–H groups in total. The molecule has 0 amide bonds. The molecule has 0 unspecified atom stereocenters. The summed E-state index contributed by atoms with van der Waals surface area (Å²) in [5.74, 6) is 6.08. The average molecular weight is 276 g/mol. The van der Waals surface area contributed by atoms with Crippen LogP contribution in [0.2, 0.25) is 0 Å². The fourth-order valence-electron chi connectivity index (χ4n) is 0.861. The van der Waals surface area contributed by atoms with Crippen molar-refractivity contribution >= 4 is 27.7 Å². The number of hydrogen-bond donors (Lipinski definition) is 4. The predicted octanol–water partition coefficient (Wildman–Crippen LogP) is 0.708. The molecule has 0 saturated heterocycles. The summed E-state index contributed by atoms with van der Waals surface area (Å²) in [4.78, 5) is 7.98. The molecule has 0 aliphatic rings. The van der Waals surface area contributed by atoms with Gasteiger partial charge in [0, 0.05) is 12.7 Å². The minimum atomic E-state index is -0.805. The summed E-state index contributed by atoms with van der Waals surface area (Å²) < 4.78 is 0.714. The topological polar surface area (TPSA) is 96.1 Å². The Hall–Kier alpha value is -0.920. The molecule has 0 bridgehead atoms. The maximum absolute atomic E-state index is 9.53. The van der Waals surface area contributed by atoms with E-state index in [1.807, 2.05) is 0 Å². The highest BCUT2D eigenvalue weighted by Crippen LogP contribution is 2.20. The first kappa shape index (κ1) is 12.2. The van der Waals surface area contributed by atoms with Crippen LogP contribution in [-0.4, -0.2) is 27.2 Å². The van der Waals surface area contributed by atoms with Gasteiger partial charge in [-0.05, 0) is 29.8 Å². The van der Waals surface area contributed by atoms with Crippen LogP contribution in [0.5, 0.6) is 0 Å². The third-order valence-electron chi connectivity index (χ3n) is 1.56. The van der Waals surface area contributed by atoms with Gasteiger partial charge in [0.1, 0.15) is 5.82 Å². The van der Waals surface area contributed by atoms with E-state index in [0.29, 0.717) is 22.8 Å². The average Bonchev–Trinajstić information content (AvgIpc) is 2.15. The maximum atomic E-state index is 9.53. The molecular weight excluding hydrogens is 262 g/mol. The van der Waals surface area contributed by atoms with Crippen molar-refractivity contribution in [3.8, 4) is 0 Å². The van der Waals surface area contributed by atoms with Crippen molar-refractivity contribution in [2.24, 2.45) is 5.84 Å². The minimum absolute atomic E-state index is 0.316. The second-order valence-electron chi connectivity index (χ2n) is 3.70. The second kappa shape index (κ2) is 4.73. The Morgan fingerprint density at radius 2 is 2.27 bits per heavy atom. The Labute approximate surface area is 96.4 Å². The first-order valence-corrected chi connectivity index (χ1v) is 5.17. The number of nitrogen functional groups attached to an aromatic ring is 1. The lowest BCUT2D eigenvalue weighted by Crippen LogP contribution is -2.29. The number of nitrogens with one attached hydrogen (secondary N) is 2. The monoisotopic (exact) mass is 275 g/mol. The Morgan fingerprint density at radius 1 is 1.60 bits per heavy atom. The highest BCUT2D eigenvalue weighted by Gasteiger charge is 2.13. The lowest BCUT2D eigenvalue weighted by atomic mass is 10.1. The van der Waals surface area contributed by atoms with Crippen molar-refractivity contribution in [3.05, 3.63) is 10.7 Å². The number of nitrogens with two attached hydrogens (primary N) is 1. The molecule has 7 heteroatoms. The molecule has 0 fully saturated rings. The molecule has 1 aromatic heterocycles. The van der Waals surface area contributed by atoms with Crippen LogP contribution in [-0.2, 0) is 0 Å². The van der Waals surface area contributed by atoms with Crippen molar-refractivity contribution in [1.82, 2.24) is 9.97 Å². The van der Waals surface area contributed by atoms with E-state index in [9.17, 15) is 5.11 Å². The maximum Gasteiger partial charge on any atom is 0.239 e. The Bertz CT molecular complexity index is 338. The van der Waals surface area contributed by atoms with Crippen LogP contribution in [0.15, 0.2) is 10.7 Å². The summed E-state index contributed by atoms with van der Waals surface area (Å²) >= 11 is 3.29. The van der Waals surface area contributed by atoms with Gasteiger partial charge < -0.3 is 10.4 Å². The zero-order chi connectivity index (χ0) is 11.5. The van der Waals surface area contributed by atoms with Crippen LogP contribution in [0, 0.1) is 0 Å². The van der Waals surface area contributed by atoms with E-state index < -0.39 is 5.60 Å². The Morgan fingerprint density at radius 3 is 2.80 bits per heavy atom. The highest BCUT2D eigenvalue weighted by atomic mass is 79.9. The third kappa shape index (κ3) is 3.98. The molecule has 84 valence electrons. The number of nitrogens with zero attached hydrogens (tertiary/aromatic N) is 2. The van der Waals surface area contributed by atoms with Crippen molar-refractivity contribution < 1.29 is 5.11 Å². The number of aliphatic hydroxyl groups is 1. The van der Waals surface area contributed by atoms with Crippen molar-refractivity contribution in [2.45, 2.75) is 19.4 Å². The molecule has 0 aliphatic carbocycles. The number of rotatable bonds is 4. The number of anilines is 2. The van der Waals surface area contributed by atoms with E-state index in [4.69, 9.17) is 5.84 Å². The van der Waals surface area contributed by atoms with Gasteiger partial charge in [-0.3, -0.25) is 5.43 Å². The van der Waals surface area contributed by atoms with Gasteiger partial charge in [0.2, 0.25) is 5.95 Å². The van der Waals surface area contributed by atoms with E-state index in [1.165, 1.54) is 0 Å². The molecule has 0 saturated carbocycles. The molecule has 0 spiro atoms. The molecule has 0 atom stereocenters. The van der Waals surface area contributed by atoms with E-state index >= 15 is 0 Å². The zero-order valence-corrected chi connectivity index (χ0v) is 10.2. The molecule has 1 heterocycles. The van der Waals surface area contributed by atoms with Gasteiger partial charge in [-0.25, -0.2) is 10.8 Å². The van der Waals surface area contributed by atoms with E-state index in [0.717, 1.165) is 0 Å². The molecular formula is C8H14BrN5O. The number of aromatic nitrogens is 2. The first-order valence-electron chi connectivity index (χ1n) is 4.38. The van der Waals surface area contributed by atoms with Crippen molar-refractivity contribution in [1.29, 1.82) is 0 Å². The zero-order valence-electron chi connectivity index (χ0n) is 8.58. The Kier molecular flexibility index (Phi) is 3.83. The summed E-state index contributed by atoms with van der Waals surface area (Å²) in [6.45, 7) is 3.79. The van der Waals surface area contributed by atoms with Gasteiger partial charge in [-0.1, -0.05) is 0 Å². The van der Waals surface area contributed by atoms with Crippen molar-refractivity contribution in [3.63, 3.8) is 0 Å². The van der Waals surface area contributed by atoms with Gasteiger partial charge in [0.05, 0.1) is 10.1 Å². The number of halogens is 1. The van der Waals surface area contributed by atoms with E-state index in [2.05, 4.69) is 36.6 Å². The first-order chi connectivity index (χ1) is 6.92. The molecule has 15 heavy (non-hydrogen) atoms. The SMILES string of the molecule is CC(C)(O)CNc1nc(NN)ncc1Br. The van der Waals surface area contributed by atoms with E-state index in [1.54, 1.807) is 20.0 Å². The normalized spacial score (nSPS) is 11.3. The Balaban J connectivity index is 2.75. The second-order valence-corrected chi connectivity index (χ2v) is 4.55. The standard InChI is InChI=1S/C8H14BrN5O/c1-8(2,15)4-12-6-5(9)3-11-7(13-6)14-10/h3,15H,4,10H2,1-2H3,(H2,11,12,13,14). The van der Waals surface area contributed by atoms with Crippen molar-refractivity contribution in [2.75, 3.05) is 17.3 Å². The fourth-order valence-corrected chi connectivity index (χ4v) is 1.19. The third-order valence-corrected chi connectivity index (χ3v) is 2.14. The predicted molar refractivity (Wildman–Crippen MR) is 62.3 cm³/mol. The van der Waals surface area contributed by atoms with Gasteiger partial charge in [0.15, 0.2) is 0 Å². The van der Waals surface area contributed by atoms with E-state index in [-0.39, 0.29) is 0 Å².